The fourth-order valence-electron chi connectivity index (χ4n) is 2.20. The van der Waals surface area contributed by atoms with Crippen LogP contribution in [0.2, 0.25) is 0 Å². The quantitative estimate of drug-likeness (QED) is 0.829. The van der Waals surface area contributed by atoms with Crippen molar-refractivity contribution in [1.82, 2.24) is 20.4 Å². The van der Waals surface area contributed by atoms with Crippen molar-refractivity contribution in [3.8, 4) is 0 Å². The first kappa shape index (κ1) is 12.0. The van der Waals surface area contributed by atoms with Gasteiger partial charge in [0.05, 0.1) is 6.54 Å². The molecule has 0 saturated carbocycles. The molecule has 1 aliphatic rings. The fraction of sp³-hybridized carbons (Fsp3) is 0.727. The van der Waals surface area contributed by atoms with Gasteiger partial charge in [0.2, 0.25) is 17.7 Å². The largest absolute Gasteiger partial charge is 0.424 e. The predicted octanol–water partition coefficient (Wildman–Crippen LogP) is 0.479. The number of aryl methyl sites for hydroxylation is 1. The maximum absolute atomic E-state index is 11.0. The minimum atomic E-state index is 0.0329. The zero-order valence-corrected chi connectivity index (χ0v) is 10.3. The van der Waals surface area contributed by atoms with E-state index in [2.05, 4.69) is 20.4 Å². The number of nitrogens with one attached hydrogen (secondary N) is 1. The third-order valence-electron chi connectivity index (χ3n) is 2.84. The standard InChI is InChI=1S/C11H18N4O2/c1-8(16)12-10-4-3-5-15(6-10)7-11-14-13-9(2)17-11/h10H,3-7H2,1-2H3,(H,12,16)/t10-/m0/s1. The molecule has 1 fully saturated rings. The third kappa shape index (κ3) is 3.52. The predicted molar refractivity (Wildman–Crippen MR) is 61.2 cm³/mol. The van der Waals surface area contributed by atoms with Crippen molar-refractivity contribution in [3.05, 3.63) is 11.8 Å². The van der Waals surface area contributed by atoms with E-state index >= 15 is 0 Å². The molecule has 2 heterocycles. The molecule has 1 aromatic heterocycles. The molecule has 1 aromatic rings. The Bertz CT molecular complexity index is 391. The molecule has 0 unspecified atom stereocenters. The molecule has 0 bridgehead atoms. The molecule has 2 rings (SSSR count). The van der Waals surface area contributed by atoms with Crippen LogP contribution in [0.5, 0.6) is 0 Å². The van der Waals surface area contributed by atoms with Crippen LogP contribution in [0, 0.1) is 6.92 Å². The first-order valence-electron chi connectivity index (χ1n) is 5.92. The molecule has 6 heteroatoms. The fourth-order valence-corrected chi connectivity index (χ4v) is 2.20. The van der Waals surface area contributed by atoms with Crippen molar-refractivity contribution >= 4 is 5.91 Å². The van der Waals surface area contributed by atoms with Crippen molar-refractivity contribution in [2.24, 2.45) is 0 Å². The molecular weight excluding hydrogens is 220 g/mol. The molecule has 1 atom stereocenters. The summed E-state index contributed by atoms with van der Waals surface area (Å²) in [6, 6.07) is 0.241. The molecule has 1 saturated heterocycles. The lowest BCUT2D eigenvalue weighted by molar-refractivity contribution is -0.120. The molecule has 6 nitrogen and oxygen atoms in total. The second kappa shape index (κ2) is 5.27. The van der Waals surface area contributed by atoms with Crippen molar-refractivity contribution < 1.29 is 9.21 Å². The van der Waals surface area contributed by atoms with Crippen LogP contribution in [-0.4, -0.2) is 40.1 Å². The van der Waals surface area contributed by atoms with Gasteiger partial charge in [-0.15, -0.1) is 10.2 Å². The van der Waals surface area contributed by atoms with E-state index in [4.69, 9.17) is 4.42 Å². The van der Waals surface area contributed by atoms with E-state index in [0.717, 1.165) is 25.9 Å². The first-order chi connectivity index (χ1) is 8.13. The molecule has 1 N–H and O–H groups in total. The van der Waals surface area contributed by atoms with E-state index in [9.17, 15) is 4.79 Å². The van der Waals surface area contributed by atoms with Gasteiger partial charge in [-0.3, -0.25) is 9.69 Å². The molecule has 94 valence electrons. The zero-order valence-electron chi connectivity index (χ0n) is 10.3. The summed E-state index contributed by atoms with van der Waals surface area (Å²) < 4.78 is 5.35. The number of hydrogen-bond donors (Lipinski definition) is 1. The summed E-state index contributed by atoms with van der Waals surface area (Å²) in [6.45, 7) is 5.86. The Labute approximate surface area is 100 Å². The smallest absolute Gasteiger partial charge is 0.230 e. The number of rotatable bonds is 3. The SMILES string of the molecule is CC(=O)N[C@H]1CCCN(Cc2nnc(C)o2)C1. The Morgan fingerprint density at radius 1 is 1.59 bits per heavy atom. The van der Waals surface area contributed by atoms with Crippen LogP contribution < -0.4 is 5.32 Å². The summed E-state index contributed by atoms with van der Waals surface area (Å²) in [5.41, 5.74) is 0. The Balaban J connectivity index is 1.87. The van der Waals surface area contributed by atoms with E-state index in [0.29, 0.717) is 18.3 Å². The molecular formula is C11H18N4O2. The van der Waals surface area contributed by atoms with Crippen LogP contribution in [0.4, 0.5) is 0 Å². The number of aromatic nitrogens is 2. The number of nitrogens with zero attached hydrogens (tertiary/aromatic N) is 3. The van der Waals surface area contributed by atoms with Crippen LogP contribution in [0.25, 0.3) is 0 Å². The average molecular weight is 238 g/mol. The highest BCUT2D eigenvalue weighted by molar-refractivity contribution is 5.73. The molecule has 0 spiro atoms. The van der Waals surface area contributed by atoms with E-state index in [1.54, 1.807) is 13.8 Å². The Hall–Kier alpha value is -1.43. The minimum absolute atomic E-state index is 0.0329. The van der Waals surface area contributed by atoms with Gasteiger partial charge in [0.25, 0.3) is 0 Å². The number of carbonyl (C=O) groups excluding carboxylic acids is 1. The summed E-state index contributed by atoms with van der Waals surface area (Å²) in [5.74, 6) is 1.27. The second-order valence-corrected chi connectivity index (χ2v) is 4.49. The van der Waals surface area contributed by atoms with Gasteiger partial charge in [-0.1, -0.05) is 0 Å². The van der Waals surface area contributed by atoms with Gasteiger partial charge in [0.15, 0.2) is 0 Å². The monoisotopic (exact) mass is 238 g/mol. The topological polar surface area (TPSA) is 71.3 Å². The minimum Gasteiger partial charge on any atom is -0.424 e. The zero-order chi connectivity index (χ0) is 12.3. The lowest BCUT2D eigenvalue weighted by atomic mass is 10.1. The summed E-state index contributed by atoms with van der Waals surface area (Å²) in [6.07, 6.45) is 2.12. The van der Waals surface area contributed by atoms with E-state index in [1.807, 2.05) is 0 Å². The Morgan fingerprint density at radius 3 is 3.06 bits per heavy atom. The lowest BCUT2D eigenvalue weighted by Crippen LogP contribution is -2.46. The van der Waals surface area contributed by atoms with Gasteiger partial charge in [0, 0.05) is 26.4 Å². The molecule has 0 aromatic carbocycles. The van der Waals surface area contributed by atoms with Crippen LogP contribution in [0.1, 0.15) is 31.5 Å². The van der Waals surface area contributed by atoms with Crippen molar-refractivity contribution in [3.63, 3.8) is 0 Å². The van der Waals surface area contributed by atoms with E-state index in [-0.39, 0.29) is 11.9 Å². The number of amides is 1. The first-order valence-corrected chi connectivity index (χ1v) is 5.92. The lowest BCUT2D eigenvalue weighted by Gasteiger charge is -2.31. The summed E-state index contributed by atoms with van der Waals surface area (Å²) >= 11 is 0. The van der Waals surface area contributed by atoms with Crippen LogP contribution >= 0.6 is 0 Å². The Morgan fingerprint density at radius 2 is 2.41 bits per heavy atom. The van der Waals surface area contributed by atoms with Gasteiger partial charge < -0.3 is 9.73 Å². The highest BCUT2D eigenvalue weighted by Gasteiger charge is 2.21. The normalized spacial score (nSPS) is 21.4. The van der Waals surface area contributed by atoms with Crippen molar-refractivity contribution in [2.45, 2.75) is 39.3 Å². The molecule has 0 aliphatic carbocycles. The average Bonchev–Trinajstić information content (AvgIpc) is 2.63. The molecule has 0 radical (unpaired) electrons. The van der Waals surface area contributed by atoms with Gasteiger partial charge in [-0.25, -0.2) is 0 Å². The van der Waals surface area contributed by atoms with Gasteiger partial charge in [-0.05, 0) is 19.4 Å². The van der Waals surface area contributed by atoms with Gasteiger partial charge in [0.1, 0.15) is 0 Å². The van der Waals surface area contributed by atoms with Gasteiger partial charge in [-0.2, -0.15) is 0 Å². The van der Waals surface area contributed by atoms with Crippen LogP contribution in [0.3, 0.4) is 0 Å². The maximum atomic E-state index is 11.0. The number of likely N-dealkylation sites (tertiary alicyclic amines) is 1. The van der Waals surface area contributed by atoms with Crippen molar-refractivity contribution in [1.29, 1.82) is 0 Å². The number of hydrogen-bond acceptors (Lipinski definition) is 5. The van der Waals surface area contributed by atoms with E-state index in [1.165, 1.54) is 0 Å². The Kier molecular flexibility index (Phi) is 3.73. The molecule has 17 heavy (non-hydrogen) atoms. The number of piperidine rings is 1. The van der Waals surface area contributed by atoms with E-state index < -0.39 is 0 Å². The maximum Gasteiger partial charge on any atom is 0.230 e. The third-order valence-corrected chi connectivity index (χ3v) is 2.84. The van der Waals surface area contributed by atoms with Gasteiger partial charge >= 0.3 is 0 Å². The highest BCUT2D eigenvalue weighted by Crippen LogP contribution is 2.13. The molecule has 1 amide bonds. The molecule has 1 aliphatic heterocycles. The van der Waals surface area contributed by atoms with Crippen LogP contribution in [-0.2, 0) is 11.3 Å². The highest BCUT2D eigenvalue weighted by atomic mass is 16.4. The second-order valence-electron chi connectivity index (χ2n) is 4.49. The van der Waals surface area contributed by atoms with Crippen molar-refractivity contribution in [2.75, 3.05) is 13.1 Å². The van der Waals surface area contributed by atoms with Crippen LogP contribution in [0.15, 0.2) is 4.42 Å². The summed E-state index contributed by atoms with van der Waals surface area (Å²) in [7, 11) is 0. The summed E-state index contributed by atoms with van der Waals surface area (Å²) in [5, 5.41) is 10.7. The summed E-state index contributed by atoms with van der Waals surface area (Å²) in [4.78, 5) is 13.2. The number of carbonyl (C=O) groups is 1.